The number of aromatic nitrogens is 4. The van der Waals surface area contributed by atoms with Gasteiger partial charge in [0.2, 0.25) is 11.9 Å². The molecule has 1 amide bonds. The fourth-order valence-electron chi connectivity index (χ4n) is 3.66. The highest BCUT2D eigenvalue weighted by Gasteiger charge is 2.21. The number of rotatable bonds is 4. The highest BCUT2D eigenvalue weighted by Crippen LogP contribution is 2.24. The van der Waals surface area contributed by atoms with Crippen LogP contribution in [0.15, 0.2) is 24.3 Å². The molecule has 3 heterocycles. The van der Waals surface area contributed by atoms with Gasteiger partial charge in [0.15, 0.2) is 5.82 Å². The summed E-state index contributed by atoms with van der Waals surface area (Å²) >= 11 is 0. The maximum atomic E-state index is 12.6. The van der Waals surface area contributed by atoms with Gasteiger partial charge in [-0.1, -0.05) is 18.2 Å². The molecule has 26 heavy (non-hydrogen) atoms. The predicted molar refractivity (Wildman–Crippen MR) is 101 cm³/mol. The van der Waals surface area contributed by atoms with Crippen molar-refractivity contribution in [2.45, 2.75) is 32.1 Å². The van der Waals surface area contributed by atoms with Crippen molar-refractivity contribution in [3.8, 4) is 0 Å². The summed E-state index contributed by atoms with van der Waals surface area (Å²) in [4.78, 5) is 20.5. The molecule has 1 saturated heterocycles. The Morgan fingerprint density at radius 3 is 2.88 bits per heavy atom. The molecule has 0 saturated carbocycles. The number of carbonyl (C=O) groups excluding carboxylic acids is 1. The molecule has 0 unspecified atom stereocenters. The second-order valence-electron chi connectivity index (χ2n) is 6.94. The third kappa shape index (κ3) is 3.22. The topological polar surface area (TPSA) is 87.6 Å². The van der Waals surface area contributed by atoms with E-state index in [4.69, 9.17) is 0 Å². The van der Waals surface area contributed by atoms with Gasteiger partial charge >= 0.3 is 0 Å². The molecule has 7 nitrogen and oxygen atoms in total. The van der Waals surface area contributed by atoms with E-state index >= 15 is 0 Å². The Bertz CT molecular complexity index is 935. The zero-order valence-electron chi connectivity index (χ0n) is 15.2. The average molecular weight is 352 g/mol. The number of nitrogens with zero attached hydrogens (tertiary/aromatic N) is 3. The molecule has 0 radical (unpaired) electrons. The molecule has 0 spiro atoms. The lowest BCUT2D eigenvalue weighted by Gasteiger charge is -2.19. The lowest BCUT2D eigenvalue weighted by atomic mass is 9.98. The van der Waals surface area contributed by atoms with Gasteiger partial charge in [-0.3, -0.25) is 10.1 Å². The van der Waals surface area contributed by atoms with Crippen LogP contribution in [0, 0.1) is 6.92 Å². The fraction of sp³-hybridized carbons (Fsp3) is 0.421. The van der Waals surface area contributed by atoms with Crippen molar-refractivity contribution in [3.05, 3.63) is 41.3 Å². The summed E-state index contributed by atoms with van der Waals surface area (Å²) < 4.78 is 1.66. The summed E-state index contributed by atoms with van der Waals surface area (Å²) in [5.74, 6) is 1.63. The number of aryl methyl sites for hydroxylation is 2. The number of H-pyrrole nitrogens is 1. The van der Waals surface area contributed by atoms with Crippen LogP contribution in [-0.2, 0) is 18.3 Å². The van der Waals surface area contributed by atoms with Gasteiger partial charge < -0.3 is 10.3 Å². The number of amides is 1. The molecule has 1 aromatic carbocycles. The van der Waals surface area contributed by atoms with E-state index in [1.54, 1.807) is 4.68 Å². The first-order chi connectivity index (χ1) is 12.6. The monoisotopic (exact) mass is 352 g/mol. The zero-order chi connectivity index (χ0) is 18.1. The normalized spacial score (nSPS) is 15.5. The summed E-state index contributed by atoms with van der Waals surface area (Å²) in [6.07, 6.45) is 2.38. The first-order valence-corrected chi connectivity index (χ1v) is 9.09. The summed E-state index contributed by atoms with van der Waals surface area (Å²) in [6.45, 7) is 3.98. The Labute approximate surface area is 152 Å². The van der Waals surface area contributed by atoms with Crippen LogP contribution in [0.2, 0.25) is 0 Å². The largest absolute Gasteiger partial charge is 0.358 e. The van der Waals surface area contributed by atoms with E-state index in [9.17, 15) is 4.79 Å². The highest BCUT2D eigenvalue weighted by atomic mass is 16.1. The lowest BCUT2D eigenvalue weighted by molar-refractivity contribution is -0.115. The Balaban J connectivity index is 1.49. The number of para-hydroxylation sites is 1. The van der Waals surface area contributed by atoms with Gasteiger partial charge in [0.25, 0.3) is 0 Å². The van der Waals surface area contributed by atoms with Crippen LogP contribution in [0.3, 0.4) is 0 Å². The van der Waals surface area contributed by atoms with Crippen LogP contribution in [0.4, 0.5) is 5.95 Å². The second-order valence-corrected chi connectivity index (χ2v) is 6.94. The molecule has 2 aromatic heterocycles. The fourth-order valence-corrected chi connectivity index (χ4v) is 3.66. The van der Waals surface area contributed by atoms with Crippen molar-refractivity contribution in [2.24, 2.45) is 7.05 Å². The number of aromatic amines is 1. The first-order valence-electron chi connectivity index (χ1n) is 9.09. The standard InChI is InChI=1S/C19H24N6O/c1-12-15(14-5-3-4-6-16(14)21-12)11-17(26)22-19-23-18(24-25(19)2)13-7-9-20-10-8-13/h3-6,13,20-21H,7-11H2,1-2H3,(H,22,23,24,26). The second kappa shape index (κ2) is 6.92. The Kier molecular flexibility index (Phi) is 4.46. The maximum absolute atomic E-state index is 12.6. The number of piperidine rings is 1. The summed E-state index contributed by atoms with van der Waals surface area (Å²) in [5, 5.41) is 11.9. The van der Waals surface area contributed by atoms with E-state index in [1.807, 2.05) is 38.2 Å². The van der Waals surface area contributed by atoms with Crippen LogP contribution < -0.4 is 10.6 Å². The molecule has 7 heteroatoms. The van der Waals surface area contributed by atoms with Gasteiger partial charge in [0.1, 0.15) is 0 Å². The molecule has 3 N–H and O–H groups in total. The van der Waals surface area contributed by atoms with E-state index in [0.717, 1.165) is 53.9 Å². The van der Waals surface area contributed by atoms with Crippen molar-refractivity contribution in [1.82, 2.24) is 25.1 Å². The van der Waals surface area contributed by atoms with Crippen molar-refractivity contribution in [3.63, 3.8) is 0 Å². The number of nitrogens with one attached hydrogen (secondary N) is 3. The number of fused-ring (bicyclic) bond motifs is 1. The van der Waals surface area contributed by atoms with Crippen LogP contribution in [0.25, 0.3) is 10.9 Å². The maximum Gasteiger partial charge on any atom is 0.231 e. The minimum atomic E-state index is -0.0785. The third-order valence-corrected chi connectivity index (χ3v) is 5.10. The van der Waals surface area contributed by atoms with E-state index in [0.29, 0.717) is 18.3 Å². The minimum Gasteiger partial charge on any atom is -0.358 e. The van der Waals surface area contributed by atoms with Crippen LogP contribution in [-0.4, -0.2) is 38.7 Å². The van der Waals surface area contributed by atoms with Crippen molar-refractivity contribution in [2.75, 3.05) is 18.4 Å². The third-order valence-electron chi connectivity index (χ3n) is 5.10. The molecular formula is C19H24N6O. The molecule has 1 fully saturated rings. The predicted octanol–water partition coefficient (Wildman–Crippen LogP) is 2.25. The Morgan fingerprint density at radius 2 is 2.08 bits per heavy atom. The molecule has 0 aliphatic carbocycles. The number of anilines is 1. The average Bonchev–Trinajstić information content (AvgIpc) is 3.16. The number of carbonyl (C=O) groups is 1. The van der Waals surface area contributed by atoms with Gasteiger partial charge in [-0.05, 0) is 44.5 Å². The van der Waals surface area contributed by atoms with Crippen LogP contribution in [0.5, 0.6) is 0 Å². The minimum absolute atomic E-state index is 0.0785. The van der Waals surface area contributed by atoms with Gasteiger partial charge in [-0.15, -0.1) is 0 Å². The van der Waals surface area contributed by atoms with Crippen LogP contribution in [0.1, 0.15) is 35.8 Å². The Morgan fingerprint density at radius 1 is 1.31 bits per heavy atom. The molecule has 1 aliphatic rings. The van der Waals surface area contributed by atoms with E-state index < -0.39 is 0 Å². The smallest absolute Gasteiger partial charge is 0.231 e. The highest BCUT2D eigenvalue weighted by molar-refractivity contribution is 5.95. The van der Waals surface area contributed by atoms with Gasteiger partial charge in [-0.25, -0.2) is 4.68 Å². The first kappa shape index (κ1) is 16.8. The molecule has 136 valence electrons. The number of hydrogen-bond donors (Lipinski definition) is 3. The molecule has 0 atom stereocenters. The van der Waals surface area contributed by atoms with Gasteiger partial charge in [0.05, 0.1) is 6.42 Å². The molecular weight excluding hydrogens is 328 g/mol. The van der Waals surface area contributed by atoms with Gasteiger partial charge in [-0.2, -0.15) is 10.1 Å². The van der Waals surface area contributed by atoms with E-state index in [2.05, 4.69) is 25.7 Å². The van der Waals surface area contributed by atoms with Crippen molar-refractivity contribution >= 4 is 22.8 Å². The van der Waals surface area contributed by atoms with Crippen molar-refractivity contribution in [1.29, 1.82) is 0 Å². The van der Waals surface area contributed by atoms with Crippen LogP contribution >= 0.6 is 0 Å². The van der Waals surface area contributed by atoms with E-state index in [1.165, 1.54) is 0 Å². The Hall–Kier alpha value is -2.67. The molecule has 3 aromatic rings. The van der Waals surface area contributed by atoms with Gasteiger partial charge in [0, 0.05) is 29.6 Å². The summed E-state index contributed by atoms with van der Waals surface area (Å²) in [6, 6.07) is 8.05. The molecule has 0 bridgehead atoms. The lowest BCUT2D eigenvalue weighted by Crippen LogP contribution is -2.27. The summed E-state index contributed by atoms with van der Waals surface area (Å²) in [5.41, 5.74) is 3.10. The van der Waals surface area contributed by atoms with Crippen molar-refractivity contribution < 1.29 is 4.79 Å². The number of hydrogen-bond acceptors (Lipinski definition) is 4. The molecule has 1 aliphatic heterocycles. The zero-order valence-corrected chi connectivity index (χ0v) is 15.2. The van der Waals surface area contributed by atoms with E-state index in [-0.39, 0.29) is 5.91 Å². The SMILES string of the molecule is Cc1[nH]c2ccccc2c1CC(=O)Nc1nc(C2CCNCC2)nn1C. The quantitative estimate of drug-likeness (QED) is 0.672. The summed E-state index contributed by atoms with van der Waals surface area (Å²) in [7, 11) is 1.82. The number of benzene rings is 1. The molecule has 4 rings (SSSR count).